The third-order valence-electron chi connectivity index (χ3n) is 3.57. The van der Waals surface area contributed by atoms with Gasteiger partial charge in [0.15, 0.2) is 5.96 Å². The lowest BCUT2D eigenvalue weighted by Gasteiger charge is -2.36. The predicted octanol–water partition coefficient (Wildman–Crippen LogP) is 0.210. The van der Waals surface area contributed by atoms with Crippen LogP contribution in [0.5, 0.6) is 0 Å². The summed E-state index contributed by atoms with van der Waals surface area (Å²) >= 11 is 0. The van der Waals surface area contributed by atoms with E-state index in [4.69, 9.17) is 4.74 Å². The highest BCUT2D eigenvalue weighted by Crippen LogP contribution is 2.27. The van der Waals surface area contributed by atoms with Gasteiger partial charge in [-0.2, -0.15) is 0 Å². The highest BCUT2D eigenvalue weighted by molar-refractivity contribution is 5.89. The van der Waals surface area contributed by atoms with Gasteiger partial charge >= 0.3 is 5.97 Å². The summed E-state index contributed by atoms with van der Waals surface area (Å²) in [5.41, 5.74) is -0.506. The first-order valence-electron chi connectivity index (χ1n) is 7.77. The van der Waals surface area contributed by atoms with Crippen molar-refractivity contribution in [1.82, 2.24) is 15.1 Å². The number of aliphatic imine (C=N–C) groups is 1. The second kappa shape index (κ2) is 6.54. The first kappa shape index (κ1) is 16.6. The lowest BCUT2D eigenvalue weighted by molar-refractivity contribution is -0.153. The Labute approximate surface area is 131 Å². The SMILES string of the molecule is CN=C(NCC(=O)OC(C)(C)C)N1CCN(C2CC2)C(=O)C1. The highest BCUT2D eigenvalue weighted by atomic mass is 16.6. The molecule has 22 heavy (non-hydrogen) atoms. The Hall–Kier alpha value is -1.79. The van der Waals surface area contributed by atoms with E-state index >= 15 is 0 Å². The zero-order valence-corrected chi connectivity index (χ0v) is 13.9. The summed E-state index contributed by atoms with van der Waals surface area (Å²) in [6, 6.07) is 0.450. The molecule has 7 heteroatoms. The lowest BCUT2D eigenvalue weighted by Crippen LogP contribution is -2.56. The van der Waals surface area contributed by atoms with Gasteiger partial charge in [0, 0.05) is 26.2 Å². The Balaban J connectivity index is 1.82. The molecule has 0 unspecified atom stereocenters. The van der Waals surface area contributed by atoms with E-state index in [1.807, 2.05) is 30.6 Å². The number of guanidine groups is 1. The molecule has 1 amide bonds. The van der Waals surface area contributed by atoms with Crippen LogP contribution in [0.3, 0.4) is 0 Å². The van der Waals surface area contributed by atoms with Crippen LogP contribution in [0.15, 0.2) is 4.99 Å². The number of amides is 1. The van der Waals surface area contributed by atoms with Crippen molar-refractivity contribution in [3.05, 3.63) is 0 Å². The summed E-state index contributed by atoms with van der Waals surface area (Å²) < 4.78 is 5.25. The Bertz CT molecular complexity index is 466. The van der Waals surface area contributed by atoms with Crippen molar-refractivity contribution >= 4 is 17.8 Å². The number of hydrogen-bond acceptors (Lipinski definition) is 4. The Morgan fingerprint density at radius 2 is 2.05 bits per heavy atom. The number of nitrogens with zero attached hydrogens (tertiary/aromatic N) is 3. The molecule has 2 rings (SSSR count). The smallest absolute Gasteiger partial charge is 0.325 e. The van der Waals surface area contributed by atoms with E-state index in [9.17, 15) is 9.59 Å². The fourth-order valence-electron chi connectivity index (χ4n) is 2.50. The van der Waals surface area contributed by atoms with Gasteiger partial charge in [0.05, 0.1) is 6.54 Å². The number of piperazine rings is 1. The van der Waals surface area contributed by atoms with E-state index < -0.39 is 5.60 Å². The Morgan fingerprint density at radius 3 is 2.55 bits per heavy atom. The first-order chi connectivity index (χ1) is 10.3. The first-order valence-corrected chi connectivity index (χ1v) is 7.77. The third kappa shape index (κ3) is 4.61. The van der Waals surface area contributed by atoms with Crippen molar-refractivity contribution in [2.75, 3.05) is 33.2 Å². The van der Waals surface area contributed by atoms with Crippen LogP contribution in [0.2, 0.25) is 0 Å². The molecule has 0 aromatic carbocycles. The largest absolute Gasteiger partial charge is 0.459 e. The van der Waals surface area contributed by atoms with Crippen LogP contribution in [0.4, 0.5) is 0 Å². The molecule has 1 N–H and O–H groups in total. The quantitative estimate of drug-likeness (QED) is 0.458. The van der Waals surface area contributed by atoms with Crippen LogP contribution in [-0.2, 0) is 14.3 Å². The van der Waals surface area contributed by atoms with E-state index in [1.54, 1.807) is 7.05 Å². The van der Waals surface area contributed by atoms with Crippen molar-refractivity contribution in [3.8, 4) is 0 Å². The second-order valence-electron chi connectivity index (χ2n) is 6.73. The molecule has 0 atom stereocenters. The minimum Gasteiger partial charge on any atom is -0.459 e. The molecule has 2 aliphatic rings. The fraction of sp³-hybridized carbons (Fsp3) is 0.800. The molecule has 1 saturated heterocycles. The van der Waals surface area contributed by atoms with Crippen molar-refractivity contribution in [3.63, 3.8) is 0 Å². The van der Waals surface area contributed by atoms with E-state index in [1.165, 1.54) is 0 Å². The maximum absolute atomic E-state index is 12.1. The summed E-state index contributed by atoms with van der Waals surface area (Å²) in [6.07, 6.45) is 2.24. The molecule has 1 heterocycles. The molecule has 7 nitrogen and oxygen atoms in total. The van der Waals surface area contributed by atoms with E-state index in [0.717, 1.165) is 25.9 Å². The zero-order valence-electron chi connectivity index (χ0n) is 13.9. The molecule has 1 saturated carbocycles. The number of nitrogens with one attached hydrogen (secondary N) is 1. The van der Waals surface area contributed by atoms with Crippen LogP contribution >= 0.6 is 0 Å². The third-order valence-corrected chi connectivity index (χ3v) is 3.57. The van der Waals surface area contributed by atoms with Crippen LogP contribution < -0.4 is 5.32 Å². The van der Waals surface area contributed by atoms with E-state index in [-0.39, 0.29) is 18.4 Å². The maximum atomic E-state index is 12.1. The van der Waals surface area contributed by atoms with Crippen molar-refractivity contribution in [1.29, 1.82) is 0 Å². The summed E-state index contributed by atoms with van der Waals surface area (Å²) in [6.45, 7) is 7.29. The molecule has 1 aliphatic carbocycles. The summed E-state index contributed by atoms with van der Waals surface area (Å²) in [5, 5.41) is 2.97. The number of hydrogen-bond donors (Lipinski definition) is 1. The topological polar surface area (TPSA) is 74.2 Å². The average Bonchev–Trinajstić information content (AvgIpc) is 3.22. The van der Waals surface area contributed by atoms with Gasteiger partial charge < -0.3 is 19.9 Å². The minimum atomic E-state index is -0.506. The molecule has 0 radical (unpaired) electrons. The van der Waals surface area contributed by atoms with Crippen molar-refractivity contribution < 1.29 is 14.3 Å². The summed E-state index contributed by atoms with van der Waals surface area (Å²) in [4.78, 5) is 31.9. The van der Waals surface area contributed by atoms with Gasteiger partial charge in [-0.3, -0.25) is 14.6 Å². The van der Waals surface area contributed by atoms with E-state index in [0.29, 0.717) is 18.5 Å². The Kier molecular flexibility index (Phi) is 4.93. The standard InChI is InChI=1S/C15H26N4O3/c1-15(2,3)22-13(21)9-17-14(16-4)18-7-8-19(11-5-6-11)12(20)10-18/h11H,5-10H2,1-4H3,(H,16,17). The van der Waals surface area contributed by atoms with Gasteiger partial charge in [0.25, 0.3) is 0 Å². The minimum absolute atomic E-state index is 0.0426. The number of carbonyl (C=O) groups is 2. The summed E-state index contributed by atoms with van der Waals surface area (Å²) in [7, 11) is 1.65. The molecular weight excluding hydrogens is 284 g/mol. The number of carbonyl (C=O) groups excluding carboxylic acids is 2. The molecule has 1 aliphatic heterocycles. The van der Waals surface area contributed by atoms with Gasteiger partial charge in [-0.05, 0) is 33.6 Å². The van der Waals surface area contributed by atoms with Crippen LogP contribution in [0.25, 0.3) is 0 Å². The Morgan fingerprint density at radius 1 is 1.36 bits per heavy atom. The number of rotatable bonds is 3. The number of esters is 1. The molecule has 0 aromatic heterocycles. The maximum Gasteiger partial charge on any atom is 0.325 e. The highest BCUT2D eigenvalue weighted by Gasteiger charge is 2.36. The normalized spacial score (nSPS) is 20.2. The van der Waals surface area contributed by atoms with Crippen molar-refractivity contribution in [2.45, 2.75) is 45.3 Å². The zero-order chi connectivity index (χ0) is 16.3. The predicted molar refractivity (Wildman–Crippen MR) is 83.5 cm³/mol. The average molecular weight is 310 g/mol. The summed E-state index contributed by atoms with van der Waals surface area (Å²) in [5.74, 6) is 0.361. The van der Waals surface area contributed by atoms with Crippen molar-refractivity contribution in [2.24, 2.45) is 4.99 Å². The molecule has 2 fully saturated rings. The fourth-order valence-corrected chi connectivity index (χ4v) is 2.50. The lowest BCUT2D eigenvalue weighted by atomic mass is 10.2. The van der Waals surface area contributed by atoms with E-state index in [2.05, 4.69) is 10.3 Å². The number of ether oxygens (including phenoxy) is 1. The molecule has 124 valence electrons. The van der Waals surface area contributed by atoms with Gasteiger partial charge in [0.1, 0.15) is 12.1 Å². The van der Waals surface area contributed by atoms with Crippen LogP contribution in [0, 0.1) is 0 Å². The van der Waals surface area contributed by atoms with Crippen LogP contribution in [-0.4, -0.2) is 72.5 Å². The van der Waals surface area contributed by atoms with Gasteiger partial charge in [0.2, 0.25) is 5.91 Å². The molecule has 0 spiro atoms. The molecule has 0 bridgehead atoms. The van der Waals surface area contributed by atoms with Gasteiger partial charge in [-0.15, -0.1) is 0 Å². The monoisotopic (exact) mass is 310 g/mol. The van der Waals surface area contributed by atoms with Crippen LogP contribution in [0.1, 0.15) is 33.6 Å². The molecular formula is C15H26N4O3. The molecule has 0 aromatic rings. The van der Waals surface area contributed by atoms with Gasteiger partial charge in [-0.1, -0.05) is 0 Å². The second-order valence-corrected chi connectivity index (χ2v) is 6.73. The van der Waals surface area contributed by atoms with Gasteiger partial charge in [-0.25, -0.2) is 0 Å².